The molecule has 0 spiro atoms. The number of aliphatic carboxylic acids is 1. The molecule has 0 bridgehead atoms. The summed E-state index contributed by atoms with van der Waals surface area (Å²) >= 11 is 1.49. The Hall–Kier alpha value is -0.970. The van der Waals surface area contributed by atoms with Crippen molar-refractivity contribution in [1.82, 2.24) is 0 Å². The Morgan fingerprint density at radius 3 is 2.77 bits per heavy atom. The number of carbonyl (C=O) groups excluding carboxylic acids is 1. The number of thioether (sulfide) groups is 1. The molecule has 0 aromatic carbocycles. The summed E-state index contributed by atoms with van der Waals surface area (Å²) in [6, 6.07) is 0. The third kappa shape index (κ3) is 8.94. The number of methoxy groups -OCH3 is 1. The smallest absolute Gasteiger partial charge is 0.328 e. The molecule has 0 aromatic heterocycles. The van der Waals surface area contributed by atoms with Crippen LogP contribution in [0, 0.1) is 0 Å². The summed E-state index contributed by atoms with van der Waals surface area (Å²) in [5, 5.41) is 8.23. The van der Waals surface area contributed by atoms with Crippen LogP contribution in [0.25, 0.3) is 0 Å². The van der Waals surface area contributed by atoms with Gasteiger partial charge in [0.05, 0.1) is 13.5 Å². The molecule has 0 atom stereocenters. The number of carboxylic acids is 1. The molecule has 0 aliphatic heterocycles. The van der Waals surface area contributed by atoms with Crippen LogP contribution >= 0.6 is 11.8 Å². The van der Waals surface area contributed by atoms with Gasteiger partial charge >= 0.3 is 11.9 Å². The second-order valence-corrected chi connectivity index (χ2v) is 3.29. The van der Waals surface area contributed by atoms with Gasteiger partial charge in [-0.25, -0.2) is 4.79 Å². The van der Waals surface area contributed by atoms with Crippen LogP contribution in [0.4, 0.5) is 0 Å². The Kier molecular flexibility index (Phi) is 7.10. The minimum Gasteiger partial charge on any atom is -0.478 e. The topological polar surface area (TPSA) is 63.6 Å². The summed E-state index contributed by atoms with van der Waals surface area (Å²) in [5.41, 5.74) is 0. The summed E-state index contributed by atoms with van der Waals surface area (Å²) in [7, 11) is 1.34. The zero-order valence-corrected chi connectivity index (χ0v) is 8.17. The molecule has 0 amide bonds. The molecule has 74 valence electrons. The molecular weight excluding hydrogens is 192 g/mol. The highest BCUT2D eigenvalue weighted by Crippen LogP contribution is 2.03. The summed E-state index contributed by atoms with van der Waals surface area (Å²) in [6.07, 6.45) is 3.00. The van der Waals surface area contributed by atoms with Gasteiger partial charge < -0.3 is 9.84 Å². The molecular formula is C8H12O4S. The van der Waals surface area contributed by atoms with Gasteiger partial charge in [0.1, 0.15) is 0 Å². The van der Waals surface area contributed by atoms with E-state index in [2.05, 4.69) is 4.74 Å². The Morgan fingerprint density at radius 2 is 2.23 bits per heavy atom. The predicted molar refractivity (Wildman–Crippen MR) is 50.7 cm³/mol. The number of hydrogen-bond acceptors (Lipinski definition) is 4. The van der Waals surface area contributed by atoms with E-state index in [0.717, 1.165) is 6.08 Å². The molecule has 0 saturated carbocycles. The zero-order chi connectivity index (χ0) is 10.1. The van der Waals surface area contributed by atoms with Gasteiger partial charge in [-0.1, -0.05) is 6.08 Å². The van der Waals surface area contributed by atoms with E-state index in [1.54, 1.807) is 6.08 Å². The van der Waals surface area contributed by atoms with E-state index in [1.807, 2.05) is 0 Å². The van der Waals surface area contributed by atoms with Gasteiger partial charge in [-0.3, -0.25) is 4.79 Å². The lowest BCUT2D eigenvalue weighted by Crippen LogP contribution is -2.01. The van der Waals surface area contributed by atoms with E-state index in [9.17, 15) is 9.59 Å². The van der Waals surface area contributed by atoms with E-state index >= 15 is 0 Å². The van der Waals surface area contributed by atoms with Crippen molar-refractivity contribution in [3.63, 3.8) is 0 Å². The number of carbonyl (C=O) groups is 2. The van der Waals surface area contributed by atoms with E-state index in [-0.39, 0.29) is 5.97 Å². The third-order valence-electron chi connectivity index (χ3n) is 1.15. The lowest BCUT2D eigenvalue weighted by molar-refractivity contribution is -0.140. The maximum Gasteiger partial charge on any atom is 0.328 e. The lowest BCUT2D eigenvalue weighted by Gasteiger charge is -1.96. The van der Waals surface area contributed by atoms with Crippen molar-refractivity contribution >= 4 is 23.7 Å². The van der Waals surface area contributed by atoms with Crippen molar-refractivity contribution in [2.24, 2.45) is 0 Å². The fourth-order valence-electron chi connectivity index (χ4n) is 0.558. The van der Waals surface area contributed by atoms with Crippen molar-refractivity contribution < 1.29 is 19.4 Å². The minimum atomic E-state index is -0.950. The zero-order valence-electron chi connectivity index (χ0n) is 7.36. The van der Waals surface area contributed by atoms with Gasteiger partial charge in [0.2, 0.25) is 0 Å². The predicted octanol–water partition coefficient (Wildman–Crippen LogP) is 0.923. The standard InChI is InChI=1S/C8H12O4S/c1-12-8(11)4-6-13-5-2-3-7(9)10/h2-3H,4-6H2,1H3,(H,9,10)/b3-2+. The molecule has 0 rings (SSSR count). The van der Waals surface area contributed by atoms with Crippen LogP contribution in [-0.2, 0) is 14.3 Å². The van der Waals surface area contributed by atoms with Crippen LogP contribution in [0.1, 0.15) is 6.42 Å². The average Bonchev–Trinajstić information content (AvgIpc) is 2.10. The third-order valence-corrected chi connectivity index (χ3v) is 2.07. The first kappa shape index (κ1) is 12.0. The molecule has 0 aromatic rings. The van der Waals surface area contributed by atoms with Crippen LogP contribution in [0.2, 0.25) is 0 Å². The van der Waals surface area contributed by atoms with Gasteiger partial charge in [-0.15, -0.1) is 0 Å². The van der Waals surface area contributed by atoms with Gasteiger partial charge in [0, 0.05) is 17.6 Å². The maximum absolute atomic E-state index is 10.6. The first-order valence-corrected chi connectivity index (χ1v) is 4.86. The lowest BCUT2D eigenvalue weighted by atomic mass is 10.5. The number of rotatable bonds is 6. The highest BCUT2D eigenvalue weighted by atomic mass is 32.2. The van der Waals surface area contributed by atoms with Crippen molar-refractivity contribution in [2.75, 3.05) is 18.6 Å². The van der Waals surface area contributed by atoms with Crippen molar-refractivity contribution in [2.45, 2.75) is 6.42 Å². The largest absolute Gasteiger partial charge is 0.478 e. The Morgan fingerprint density at radius 1 is 1.54 bits per heavy atom. The molecule has 0 aliphatic carbocycles. The fraction of sp³-hybridized carbons (Fsp3) is 0.500. The van der Waals surface area contributed by atoms with Crippen molar-refractivity contribution in [3.8, 4) is 0 Å². The van der Waals surface area contributed by atoms with Crippen molar-refractivity contribution in [1.29, 1.82) is 0 Å². The molecule has 0 fully saturated rings. The SMILES string of the molecule is COC(=O)CCSC/C=C/C(=O)O. The quantitative estimate of drug-likeness (QED) is 0.396. The van der Waals surface area contributed by atoms with Crippen LogP contribution < -0.4 is 0 Å². The number of ether oxygens (including phenoxy) is 1. The summed E-state index contributed by atoms with van der Waals surface area (Å²) in [5.74, 6) is 0.0585. The molecule has 13 heavy (non-hydrogen) atoms. The molecule has 1 N–H and O–H groups in total. The second kappa shape index (κ2) is 7.67. The maximum atomic E-state index is 10.6. The van der Waals surface area contributed by atoms with Crippen LogP contribution in [0.15, 0.2) is 12.2 Å². The minimum absolute atomic E-state index is 0.241. The Balaban J connectivity index is 3.26. The molecule has 5 heteroatoms. The summed E-state index contributed by atoms with van der Waals surface area (Å²) < 4.78 is 4.43. The molecule has 0 aliphatic rings. The highest BCUT2D eigenvalue weighted by Gasteiger charge is 1.97. The van der Waals surface area contributed by atoms with E-state index in [1.165, 1.54) is 18.9 Å². The number of hydrogen-bond donors (Lipinski definition) is 1. The van der Waals surface area contributed by atoms with Crippen LogP contribution in [0.5, 0.6) is 0 Å². The molecule has 0 heterocycles. The molecule has 0 radical (unpaired) electrons. The normalized spacial score (nSPS) is 10.2. The number of esters is 1. The Bertz CT molecular complexity index is 200. The monoisotopic (exact) mass is 204 g/mol. The van der Waals surface area contributed by atoms with E-state index < -0.39 is 5.97 Å². The summed E-state index contributed by atoms with van der Waals surface area (Å²) in [4.78, 5) is 20.6. The van der Waals surface area contributed by atoms with Gasteiger partial charge in [0.25, 0.3) is 0 Å². The number of carboxylic acid groups (broad SMARTS) is 1. The average molecular weight is 204 g/mol. The molecule has 4 nitrogen and oxygen atoms in total. The van der Waals surface area contributed by atoms with Crippen LogP contribution in [-0.4, -0.2) is 35.7 Å². The van der Waals surface area contributed by atoms with Crippen LogP contribution in [0.3, 0.4) is 0 Å². The fourth-order valence-corrected chi connectivity index (χ4v) is 1.27. The van der Waals surface area contributed by atoms with Gasteiger partial charge in [-0.2, -0.15) is 11.8 Å². The first-order chi connectivity index (χ1) is 6.16. The molecule has 0 unspecified atom stereocenters. The highest BCUT2D eigenvalue weighted by molar-refractivity contribution is 7.99. The van der Waals surface area contributed by atoms with Crippen molar-refractivity contribution in [3.05, 3.63) is 12.2 Å². The Labute approximate surface area is 81.0 Å². The molecule has 0 saturated heterocycles. The van der Waals surface area contributed by atoms with Gasteiger partial charge in [-0.05, 0) is 0 Å². The van der Waals surface area contributed by atoms with E-state index in [0.29, 0.717) is 17.9 Å². The van der Waals surface area contributed by atoms with E-state index in [4.69, 9.17) is 5.11 Å². The summed E-state index contributed by atoms with van der Waals surface area (Å²) in [6.45, 7) is 0. The first-order valence-electron chi connectivity index (χ1n) is 3.71. The second-order valence-electron chi connectivity index (χ2n) is 2.14. The van der Waals surface area contributed by atoms with Gasteiger partial charge in [0.15, 0.2) is 0 Å².